The van der Waals surface area contributed by atoms with Crippen LogP contribution in [0.25, 0.3) is 0 Å². The van der Waals surface area contributed by atoms with Gasteiger partial charge in [-0.15, -0.1) is 0 Å². The Morgan fingerprint density at radius 2 is 1.79 bits per heavy atom. The van der Waals surface area contributed by atoms with Gasteiger partial charge in [0.25, 0.3) is 5.91 Å². The monoisotopic (exact) mass is 530 g/mol. The number of carbonyl (C=O) groups excluding carboxylic acids is 1. The first-order valence-electron chi connectivity index (χ1n) is 10.1. The van der Waals surface area contributed by atoms with Gasteiger partial charge in [-0.25, -0.2) is 5.43 Å². The third-order valence-electron chi connectivity index (χ3n) is 4.70. The lowest BCUT2D eigenvalue weighted by atomic mass is 10.1. The molecule has 0 saturated heterocycles. The molecule has 3 aromatic rings. The second-order valence-corrected chi connectivity index (χ2v) is 8.56. The van der Waals surface area contributed by atoms with Crippen molar-refractivity contribution in [1.82, 2.24) is 5.43 Å². The van der Waals surface area contributed by atoms with E-state index in [0.29, 0.717) is 28.9 Å². The molecule has 172 valence electrons. The van der Waals surface area contributed by atoms with E-state index < -0.39 is 0 Å². The van der Waals surface area contributed by atoms with E-state index in [1.54, 1.807) is 19.2 Å². The number of nitrogens with zero attached hydrogens (tertiary/aromatic N) is 1. The van der Waals surface area contributed by atoms with E-state index in [1.165, 1.54) is 6.21 Å². The lowest BCUT2D eigenvalue weighted by Gasteiger charge is -2.12. The smallest absolute Gasteiger partial charge is 0.277 e. The van der Waals surface area contributed by atoms with Crippen molar-refractivity contribution < 1.29 is 19.0 Å². The number of aryl methyl sites for hydroxylation is 2. The SMILES string of the molecule is COc1cc(/C=N/NC(=O)COc2c(C)cc(Br)cc2C)ccc1OCc1ccccc1Cl. The summed E-state index contributed by atoms with van der Waals surface area (Å²) in [5.74, 6) is 1.45. The minimum atomic E-state index is -0.361. The van der Waals surface area contributed by atoms with Crippen molar-refractivity contribution in [2.45, 2.75) is 20.5 Å². The first-order valence-corrected chi connectivity index (χ1v) is 11.3. The summed E-state index contributed by atoms with van der Waals surface area (Å²) in [6, 6.07) is 16.7. The van der Waals surface area contributed by atoms with Gasteiger partial charge >= 0.3 is 0 Å². The van der Waals surface area contributed by atoms with Gasteiger partial charge in [-0.3, -0.25) is 4.79 Å². The summed E-state index contributed by atoms with van der Waals surface area (Å²) in [6.07, 6.45) is 1.52. The summed E-state index contributed by atoms with van der Waals surface area (Å²) in [4.78, 5) is 12.1. The largest absolute Gasteiger partial charge is 0.493 e. The van der Waals surface area contributed by atoms with Crippen LogP contribution in [0.5, 0.6) is 17.2 Å². The summed E-state index contributed by atoms with van der Waals surface area (Å²) in [7, 11) is 1.56. The predicted molar refractivity (Wildman–Crippen MR) is 134 cm³/mol. The summed E-state index contributed by atoms with van der Waals surface area (Å²) in [6.45, 7) is 4.03. The Bertz CT molecular complexity index is 1140. The van der Waals surface area contributed by atoms with Gasteiger partial charge in [-0.1, -0.05) is 45.7 Å². The molecule has 0 aliphatic heterocycles. The molecule has 3 aromatic carbocycles. The quantitative estimate of drug-likeness (QED) is 0.278. The number of methoxy groups -OCH3 is 1. The van der Waals surface area contributed by atoms with Gasteiger partial charge in [0.2, 0.25) is 0 Å². The van der Waals surface area contributed by atoms with E-state index in [9.17, 15) is 4.79 Å². The molecular formula is C25H24BrClN2O4. The van der Waals surface area contributed by atoms with E-state index in [1.807, 2.05) is 56.3 Å². The molecule has 0 saturated carbocycles. The summed E-state index contributed by atoms with van der Waals surface area (Å²) in [5, 5.41) is 4.64. The molecular weight excluding hydrogens is 508 g/mol. The van der Waals surface area contributed by atoms with Crippen molar-refractivity contribution in [3.63, 3.8) is 0 Å². The molecule has 8 heteroatoms. The zero-order valence-corrected chi connectivity index (χ0v) is 20.9. The number of nitrogens with one attached hydrogen (secondary N) is 1. The third kappa shape index (κ3) is 6.97. The molecule has 0 aliphatic rings. The molecule has 0 heterocycles. The molecule has 0 fully saturated rings. The fraction of sp³-hybridized carbons (Fsp3) is 0.200. The van der Waals surface area contributed by atoms with Crippen LogP contribution in [0, 0.1) is 13.8 Å². The Kier molecular flexibility index (Phi) is 8.74. The molecule has 0 radical (unpaired) electrons. The summed E-state index contributed by atoms with van der Waals surface area (Å²) < 4.78 is 17.9. The molecule has 0 bridgehead atoms. The zero-order valence-electron chi connectivity index (χ0n) is 18.5. The highest BCUT2D eigenvalue weighted by Crippen LogP contribution is 2.29. The maximum atomic E-state index is 12.1. The van der Waals surface area contributed by atoms with Gasteiger partial charge in [0.15, 0.2) is 18.1 Å². The van der Waals surface area contributed by atoms with Crippen LogP contribution in [0.3, 0.4) is 0 Å². The van der Waals surface area contributed by atoms with Crippen LogP contribution in [0.1, 0.15) is 22.3 Å². The topological polar surface area (TPSA) is 69.2 Å². The fourth-order valence-electron chi connectivity index (χ4n) is 3.13. The fourth-order valence-corrected chi connectivity index (χ4v) is 4.01. The molecule has 0 aromatic heterocycles. The van der Waals surface area contributed by atoms with E-state index in [0.717, 1.165) is 26.7 Å². The normalized spacial score (nSPS) is 10.8. The molecule has 1 N–H and O–H groups in total. The highest BCUT2D eigenvalue weighted by atomic mass is 79.9. The number of ether oxygens (including phenoxy) is 3. The minimum absolute atomic E-state index is 0.140. The highest BCUT2D eigenvalue weighted by molar-refractivity contribution is 9.10. The number of hydrazone groups is 1. The Morgan fingerprint density at radius 1 is 1.06 bits per heavy atom. The first kappa shape index (κ1) is 24.6. The molecule has 0 spiro atoms. The maximum Gasteiger partial charge on any atom is 0.277 e. The van der Waals surface area contributed by atoms with Gasteiger partial charge in [0.05, 0.1) is 13.3 Å². The first-order chi connectivity index (χ1) is 15.9. The highest BCUT2D eigenvalue weighted by Gasteiger charge is 2.09. The van der Waals surface area contributed by atoms with Crippen molar-refractivity contribution >= 4 is 39.7 Å². The van der Waals surface area contributed by atoms with E-state index >= 15 is 0 Å². The number of hydrogen-bond donors (Lipinski definition) is 1. The number of hydrogen-bond acceptors (Lipinski definition) is 5. The number of rotatable bonds is 9. The van der Waals surface area contributed by atoms with Crippen LogP contribution >= 0.6 is 27.5 Å². The van der Waals surface area contributed by atoms with Crippen LogP contribution in [0.2, 0.25) is 5.02 Å². The molecule has 0 unspecified atom stereocenters. The third-order valence-corrected chi connectivity index (χ3v) is 5.53. The van der Waals surface area contributed by atoms with Gasteiger partial charge < -0.3 is 14.2 Å². The van der Waals surface area contributed by atoms with Crippen LogP contribution in [-0.2, 0) is 11.4 Å². The average molecular weight is 532 g/mol. The van der Waals surface area contributed by atoms with Gasteiger partial charge in [-0.2, -0.15) is 5.10 Å². The molecule has 1 amide bonds. The van der Waals surface area contributed by atoms with Crippen LogP contribution < -0.4 is 19.6 Å². The standard InChI is InChI=1S/C25H24BrClN2O4/c1-16-10-20(26)11-17(2)25(16)33-15-24(30)29-28-13-18-8-9-22(23(12-18)31-3)32-14-19-6-4-5-7-21(19)27/h4-13H,14-15H2,1-3H3,(H,29,30)/b28-13+. The van der Waals surface area contributed by atoms with Crippen molar-refractivity contribution in [2.24, 2.45) is 5.10 Å². The van der Waals surface area contributed by atoms with Crippen LogP contribution in [0.15, 0.2) is 64.2 Å². The van der Waals surface area contributed by atoms with Gasteiger partial charge in [0.1, 0.15) is 12.4 Å². The average Bonchev–Trinajstić information content (AvgIpc) is 2.78. The predicted octanol–water partition coefficient (Wildman–Crippen LogP) is 5.84. The lowest BCUT2D eigenvalue weighted by molar-refractivity contribution is -0.123. The molecule has 0 aliphatic carbocycles. The summed E-state index contributed by atoms with van der Waals surface area (Å²) in [5.41, 5.74) is 5.97. The van der Waals surface area contributed by atoms with Crippen molar-refractivity contribution in [1.29, 1.82) is 0 Å². The number of amides is 1. The minimum Gasteiger partial charge on any atom is -0.493 e. The Morgan fingerprint density at radius 3 is 2.48 bits per heavy atom. The van der Waals surface area contributed by atoms with Gasteiger partial charge in [0, 0.05) is 15.1 Å². The van der Waals surface area contributed by atoms with E-state index in [2.05, 4.69) is 26.5 Å². The summed E-state index contributed by atoms with van der Waals surface area (Å²) >= 11 is 9.62. The lowest BCUT2D eigenvalue weighted by Crippen LogP contribution is -2.25. The number of carbonyl (C=O) groups is 1. The maximum absolute atomic E-state index is 12.1. The molecule has 0 atom stereocenters. The zero-order chi connectivity index (χ0) is 23.8. The molecule has 6 nitrogen and oxygen atoms in total. The Balaban J connectivity index is 1.55. The molecule has 3 rings (SSSR count). The van der Waals surface area contributed by atoms with Crippen molar-refractivity contribution in [2.75, 3.05) is 13.7 Å². The number of halogens is 2. The Labute approximate surface area is 206 Å². The van der Waals surface area contributed by atoms with Gasteiger partial charge in [-0.05, 0) is 66.9 Å². The Hall–Kier alpha value is -3.03. The second-order valence-electron chi connectivity index (χ2n) is 7.24. The van der Waals surface area contributed by atoms with E-state index in [4.69, 9.17) is 25.8 Å². The number of benzene rings is 3. The van der Waals surface area contributed by atoms with Crippen molar-refractivity contribution in [3.8, 4) is 17.2 Å². The van der Waals surface area contributed by atoms with Crippen molar-refractivity contribution in [3.05, 3.63) is 86.3 Å². The second kappa shape index (κ2) is 11.7. The van der Waals surface area contributed by atoms with Crippen LogP contribution in [-0.4, -0.2) is 25.8 Å². The molecule has 33 heavy (non-hydrogen) atoms. The van der Waals surface area contributed by atoms with Crippen LogP contribution in [0.4, 0.5) is 0 Å². The van der Waals surface area contributed by atoms with E-state index in [-0.39, 0.29) is 12.5 Å².